The Morgan fingerprint density at radius 3 is 2.68 bits per heavy atom. The number of aromatic nitrogens is 2. The molecule has 1 aliphatic rings. The van der Waals surface area contributed by atoms with Crippen LogP contribution in [0, 0.1) is 3.95 Å². The van der Waals surface area contributed by atoms with Gasteiger partial charge in [-0.25, -0.2) is 0 Å². The Morgan fingerprint density at radius 2 is 1.94 bits per heavy atom. The number of nitrogens with one attached hydrogen (secondary N) is 2. The second-order valence-corrected chi connectivity index (χ2v) is 8.23. The highest BCUT2D eigenvalue weighted by Gasteiger charge is 2.30. The molecule has 158 valence electrons. The number of anilines is 1. The summed E-state index contributed by atoms with van der Waals surface area (Å²) in [5.41, 5.74) is -0.855. The Labute approximate surface area is 179 Å². The second kappa shape index (κ2) is 6.82. The van der Waals surface area contributed by atoms with Crippen LogP contribution in [0.2, 0.25) is 0 Å². The van der Waals surface area contributed by atoms with E-state index in [1.54, 1.807) is 6.07 Å². The smallest absolute Gasteiger partial charge is 0.416 e. The standard InChI is InChI=1S/C19H10F3N3O4S2/c20-19(21,22)8-2-1-3-9(4-8)23-17(27)14-15-24-16(26)10-5-12-13(29-7-28-12)6-11(10)25(15)18(30)31-14/h1-6H,7H2,(H,23,27)(H,24,26). The molecule has 2 aromatic carbocycles. The summed E-state index contributed by atoms with van der Waals surface area (Å²) in [4.78, 5) is 28.2. The van der Waals surface area contributed by atoms with Gasteiger partial charge >= 0.3 is 6.18 Å². The molecule has 12 heteroatoms. The summed E-state index contributed by atoms with van der Waals surface area (Å²) in [5.74, 6) is 0.151. The number of nitrogens with zero attached hydrogens (tertiary/aromatic N) is 1. The summed E-state index contributed by atoms with van der Waals surface area (Å²) in [6.45, 7) is 0.0202. The highest BCUT2D eigenvalue weighted by atomic mass is 32.1. The second-order valence-electron chi connectivity index (χ2n) is 6.59. The van der Waals surface area contributed by atoms with Crippen molar-refractivity contribution in [3.8, 4) is 11.5 Å². The Balaban J connectivity index is 1.62. The molecule has 0 bridgehead atoms. The van der Waals surface area contributed by atoms with E-state index in [1.807, 2.05) is 0 Å². The first-order valence-corrected chi connectivity index (χ1v) is 9.94. The number of alkyl halides is 3. The van der Waals surface area contributed by atoms with Gasteiger partial charge in [0, 0.05) is 11.8 Å². The van der Waals surface area contributed by atoms with Gasteiger partial charge < -0.3 is 19.8 Å². The number of aromatic amines is 1. The summed E-state index contributed by atoms with van der Waals surface area (Å²) < 4.78 is 51.3. The van der Waals surface area contributed by atoms with Gasteiger partial charge in [0.15, 0.2) is 15.5 Å². The fraction of sp³-hybridized carbons (Fsp3) is 0.105. The lowest BCUT2D eigenvalue weighted by atomic mass is 10.2. The average molecular weight is 465 g/mol. The minimum atomic E-state index is -4.55. The summed E-state index contributed by atoms with van der Waals surface area (Å²) in [7, 11) is 0. The number of amides is 1. The maximum Gasteiger partial charge on any atom is 0.416 e. The van der Waals surface area contributed by atoms with E-state index < -0.39 is 23.2 Å². The lowest BCUT2D eigenvalue weighted by Gasteiger charge is -2.09. The minimum absolute atomic E-state index is 0.0202. The van der Waals surface area contributed by atoms with Crippen LogP contribution in [-0.2, 0) is 6.18 Å². The van der Waals surface area contributed by atoms with E-state index in [0.717, 1.165) is 23.5 Å². The third-order valence-electron chi connectivity index (χ3n) is 4.67. The van der Waals surface area contributed by atoms with Crippen molar-refractivity contribution >= 4 is 51.7 Å². The third kappa shape index (κ3) is 3.24. The Bertz CT molecular complexity index is 1500. The number of thiazole rings is 1. The first-order chi connectivity index (χ1) is 14.7. The zero-order valence-electron chi connectivity index (χ0n) is 15.2. The molecule has 0 atom stereocenters. The van der Waals surface area contributed by atoms with E-state index in [4.69, 9.17) is 21.7 Å². The molecule has 0 unspecified atom stereocenters. The van der Waals surface area contributed by atoms with Gasteiger partial charge in [-0.15, -0.1) is 0 Å². The average Bonchev–Trinajstić information content (AvgIpc) is 3.30. The molecule has 7 nitrogen and oxygen atoms in total. The fourth-order valence-corrected chi connectivity index (χ4v) is 4.57. The zero-order chi connectivity index (χ0) is 21.9. The molecule has 2 aromatic heterocycles. The number of fused-ring (bicyclic) bond motifs is 4. The van der Waals surface area contributed by atoms with Gasteiger partial charge in [0.2, 0.25) is 6.79 Å². The van der Waals surface area contributed by atoms with Crippen molar-refractivity contribution in [2.45, 2.75) is 6.18 Å². The van der Waals surface area contributed by atoms with Gasteiger partial charge in [-0.3, -0.25) is 14.0 Å². The van der Waals surface area contributed by atoms with Crippen molar-refractivity contribution < 1.29 is 27.4 Å². The van der Waals surface area contributed by atoms with E-state index in [1.165, 1.54) is 22.6 Å². The molecule has 31 heavy (non-hydrogen) atoms. The van der Waals surface area contributed by atoms with E-state index in [-0.39, 0.29) is 32.3 Å². The zero-order valence-corrected chi connectivity index (χ0v) is 16.8. The van der Waals surface area contributed by atoms with Gasteiger partial charge in [0.25, 0.3) is 11.5 Å². The highest BCUT2D eigenvalue weighted by molar-refractivity contribution is 7.73. The number of rotatable bonds is 2. The van der Waals surface area contributed by atoms with Crippen molar-refractivity contribution in [1.29, 1.82) is 0 Å². The molecular formula is C19H10F3N3O4S2. The van der Waals surface area contributed by atoms with Crippen LogP contribution in [0.4, 0.5) is 18.9 Å². The van der Waals surface area contributed by atoms with Crippen LogP contribution in [0.1, 0.15) is 15.2 Å². The number of hydrogen-bond donors (Lipinski definition) is 2. The molecular weight excluding hydrogens is 455 g/mol. The molecule has 0 spiro atoms. The normalized spacial score (nSPS) is 13.1. The summed E-state index contributed by atoms with van der Waals surface area (Å²) in [6.07, 6.45) is -4.55. The van der Waals surface area contributed by atoms with Crippen LogP contribution in [0.25, 0.3) is 16.6 Å². The summed E-state index contributed by atoms with van der Waals surface area (Å²) in [6, 6.07) is 7.38. The number of halogens is 3. The van der Waals surface area contributed by atoms with Crippen molar-refractivity contribution in [3.63, 3.8) is 0 Å². The number of benzene rings is 2. The number of hydrogen-bond acceptors (Lipinski definition) is 6. The molecule has 0 saturated carbocycles. The predicted molar refractivity (Wildman–Crippen MR) is 110 cm³/mol. The lowest BCUT2D eigenvalue weighted by molar-refractivity contribution is -0.137. The lowest BCUT2D eigenvalue weighted by Crippen LogP contribution is -2.15. The van der Waals surface area contributed by atoms with E-state index >= 15 is 0 Å². The molecule has 1 aliphatic heterocycles. The van der Waals surface area contributed by atoms with Gasteiger partial charge in [-0.05, 0) is 36.5 Å². The molecule has 3 heterocycles. The maximum absolute atomic E-state index is 12.9. The maximum atomic E-state index is 12.9. The number of ether oxygens (including phenoxy) is 2. The van der Waals surface area contributed by atoms with Crippen molar-refractivity contribution in [2.75, 3.05) is 12.1 Å². The first-order valence-electron chi connectivity index (χ1n) is 8.72. The van der Waals surface area contributed by atoms with Gasteiger partial charge in [-0.2, -0.15) is 13.2 Å². The van der Waals surface area contributed by atoms with Crippen LogP contribution < -0.4 is 20.3 Å². The molecule has 1 amide bonds. The van der Waals surface area contributed by atoms with Crippen molar-refractivity contribution in [1.82, 2.24) is 9.38 Å². The molecule has 0 saturated heterocycles. The highest BCUT2D eigenvalue weighted by Crippen LogP contribution is 2.36. The van der Waals surface area contributed by atoms with Crippen LogP contribution in [0.5, 0.6) is 11.5 Å². The molecule has 4 aromatic rings. The van der Waals surface area contributed by atoms with Gasteiger partial charge in [0.05, 0.1) is 16.5 Å². The summed E-state index contributed by atoms with van der Waals surface area (Å²) >= 11 is 6.31. The van der Waals surface area contributed by atoms with E-state index in [9.17, 15) is 22.8 Å². The predicted octanol–water partition coefficient (Wildman–Crippen LogP) is 4.57. The van der Waals surface area contributed by atoms with Gasteiger partial charge in [-0.1, -0.05) is 17.4 Å². The molecule has 0 radical (unpaired) electrons. The topological polar surface area (TPSA) is 84.8 Å². The number of carbonyl (C=O) groups excluding carboxylic acids is 1. The Morgan fingerprint density at radius 1 is 1.19 bits per heavy atom. The van der Waals surface area contributed by atoms with Crippen molar-refractivity contribution in [3.05, 3.63) is 61.1 Å². The van der Waals surface area contributed by atoms with Crippen LogP contribution >= 0.6 is 23.6 Å². The first kappa shape index (κ1) is 19.6. The molecule has 2 N–H and O–H groups in total. The van der Waals surface area contributed by atoms with E-state index in [2.05, 4.69) is 10.3 Å². The minimum Gasteiger partial charge on any atom is -0.454 e. The number of H-pyrrole nitrogens is 1. The van der Waals surface area contributed by atoms with Crippen molar-refractivity contribution in [2.24, 2.45) is 0 Å². The van der Waals surface area contributed by atoms with Crippen LogP contribution in [0.3, 0.4) is 0 Å². The monoisotopic (exact) mass is 465 g/mol. The SMILES string of the molecule is O=C(Nc1cccc(C(F)(F)F)c1)c1sc(=S)n2c1[nH]c(=O)c1cc3c(cc12)OCO3. The van der Waals surface area contributed by atoms with E-state index in [0.29, 0.717) is 17.0 Å². The van der Waals surface area contributed by atoms with Crippen LogP contribution in [0.15, 0.2) is 41.2 Å². The Kier molecular flexibility index (Phi) is 4.31. The molecule has 0 aliphatic carbocycles. The molecule has 5 rings (SSSR count). The largest absolute Gasteiger partial charge is 0.454 e. The van der Waals surface area contributed by atoms with Crippen LogP contribution in [-0.4, -0.2) is 22.1 Å². The summed E-state index contributed by atoms with van der Waals surface area (Å²) in [5, 5.41) is 2.72. The van der Waals surface area contributed by atoms with Gasteiger partial charge in [0.1, 0.15) is 10.5 Å². The quantitative estimate of drug-likeness (QED) is 0.424. The fourth-order valence-electron chi connectivity index (χ4n) is 3.29. The number of carbonyl (C=O) groups is 1. The third-order valence-corrected chi connectivity index (χ3v) is 6.05. The molecule has 0 fully saturated rings. The Hall–Kier alpha value is -3.38.